The number of hydrogen-bond acceptors (Lipinski definition) is 4. The lowest BCUT2D eigenvalue weighted by atomic mass is 10.2. The van der Waals surface area contributed by atoms with Crippen LogP contribution >= 0.6 is 0 Å². The Kier molecular flexibility index (Phi) is 6.44. The smallest absolute Gasteiger partial charge is 0.313 e. The van der Waals surface area contributed by atoms with Crippen LogP contribution in [0, 0.1) is 0 Å². The molecule has 2 atom stereocenters. The van der Waals surface area contributed by atoms with E-state index in [0.29, 0.717) is 6.92 Å². The monoisotopic (exact) mass is 422 g/mol. The Morgan fingerprint density at radius 1 is 0.880 bits per heavy atom. The molecule has 0 aromatic carbocycles. The highest BCUT2D eigenvalue weighted by atomic mass is 32.3. The zero-order valence-corrected chi connectivity index (χ0v) is 12.8. The maximum Gasteiger partial charge on any atom is 0.464 e. The van der Waals surface area contributed by atoms with Crippen molar-refractivity contribution in [3.05, 3.63) is 0 Å². The van der Waals surface area contributed by atoms with E-state index in [4.69, 9.17) is 0 Å². The molecule has 152 valence electrons. The van der Waals surface area contributed by atoms with E-state index in [1.165, 1.54) is 0 Å². The highest BCUT2D eigenvalue weighted by Crippen LogP contribution is 2.53. The minimum Gasteiger partial charge on any atom is -0.313 e. The van der Waals surface area contributed by atoms with Gasteiger partial charge in [-0.15, -0.1) is 0 Å². The van der Waals surface area contributed by atoms with E-state index in [1.807, 2.05) is 4.74 Å². The molecule has 0 saturated carbocycles. The molecular weight excluding hydrogens is 413 g/mol. The molecule has 0 aliphatic rings. The molecule has 0 saturated heterocycles. The first-order chi connectivity index (χ1) is 10.7. The van der Waals surface area contributed by atoms with Gasteiger partial charge in [-0.05, 0) is 13.3 Å². The van der Waals surface area contributed by atoms with E-state index in [0.717, 1.165) is 6.92 Å². The van der Waals surface area contributed by atoms with E-state index in [9.17, 15) is 56.2 Å². The SMILES string of the molecule is CCC(C)OC(F)(F)C(F)(OC(F)(F)C(F)(F)S(=O)(=O)F)C(F)(F)F. The highest BCUT2D eigenvalue weighted by Gasteiger charge is 2.82. The molecular formula is C9H9F11O4S. The summed E-state index contributed by atoms with van der Waals surface area (Å²) in [6, 6.07) is 0. The molecule has 0 aromatic rings. The van der Waals surface area contributed by atoms with Crippen LogP contribution in [0.15, 0.2) is 0 Å². The molecule has 0 N–H and O–H groups in total. The van der Waals surface area contributed by atoms with Gasteiger partial charge in [-0.1, -0.05) is 10.8 Å². The van der Waals surface area contributed by atoms with E-state index >= 15 is 0 Å². The Morgan fingerprint density at radius 3 is 1.56 bits per heavy atom. The summed E-state index contributed by atoms with van der Waals surface area (Å²) in [4.78, 5) is 0. The Hall–Kier alpha value is -0.900. The van der Waals surface area contributed by atoms with Gasteiger partial charge in [0.15, 0.2) is 0 Å². The molecule has 2 unspecified atom stereocenters. The minimum absolute atomic E-state index is 0.505. The van der Waals surface area contributed by atoms with Crippen molar-refractivity contribution in [3.8, 4) is 0 Å². The fourth-order valence-corrected chi connectivity index (χ4v) is 1.40. The van der Waals surface area contributed by atoms with Crippen molar-refractivity contribution in [2.75, 3.05) is 0 Å². The van der Waals surface area contributed by atoms with Crippen LogP contribution in [-0.2, 0) is 19.7 Å². The summed E-state index contributed by atoms with van der Waals surface area (Å²) in [5.74, 6) is -6.94. The zero-order chi connectivity index (χ0) is 20.7. The number of hydrogen-bond donors (Lipinski definition) is 0. The first-order valence-electron chi connectivity index (χ1n) is 5.87. The Labute approximate surface area is 133 Å². The predicted octanol–water partition coefficient (Wildman–Crippen LogP) is 4.12. The van der Waals surface area contributed by atoms with Gasteiger partial charge in [-0.2, -0.15) is 52.3 Å². The fourth-order valence-electron chi connectivity index (χ4n) is 1.07. The summed E-state index contributed by atoms with van der Waals surface area (Å²) in [5, 5.41) is -7.12. The van der Waals surface area contributed by atoms with Crippen molar-refractivity contribution in [1.29, 1.82) is 0 Å². The zero-order valence-electron chi connectivity index (χ0n) is 12.0. The minimum atomic E-state index is -7.68. The lowest BCUT2D eigenvalue weighted by Gasteiger charge is -2.37. The quantitative estimate of drug-likeness (QED) is 0.436. The first kappa shape index (κ1) is 24.1. The number of ether oxygens (including phenoxy) is 2. The van der Waals surface area contributed by atoms with Gasteiger partial charge in [0.1, 0.15) is 0 Å². The Bertz CT molecular complexity index is 573. The molecule has 4 nitrogen and oxygen atoms in total. The van der Waals surface area contributed by atoms with Crippen molar-refractivity contribution in [2.45, 2.75) is 55.9 Å². The third-order valence-corrected chi connectivity index (χ3v) is 3.43. The molecule has 0 heterocycles. The first-order valence-corrected chi connectivity index (χ1v) is 7.26. The summed E-state index contributed by atoms with van der Waals surface area (Å²) in [7, 11) is -7.68. The van der Waals surface area contributed by atoms with Gasteiger partial charge in [0.05, 0.1) is 6.10 Å². The van der Waals surface area contributed by atoms with Crippen LogP contribution in [0.5, 0.6) is 0 Å². The van der Waals surface area contributed by atoms with Gasteiger partial charge in [0.25, 0.3) is 0 Å². The Balaban J connectivity index is 6.19. The maximum atomic E-state index is 13.6. The third kappa shape index (κ3) is 4.45. The van der Waals surface area contributed by atoms with E-state index in [-0.39, 0.29) is 0 Å². The number of alkyl halides is 10. The van der Waals surface area contributed by atoms with Crippen LogP contribution in [0.1, 0.15) is 20.3 Å². The molecule has 0 fully saturated rings. The Morgan fingerprint density at radius 2 is 1.28 bits per heavy atom. The van der Waals surface area contributed by atoms with Gasteiger partial charge in [-0.3, -0.25) is 4.74 Å². The van der Waals surface area contributed by atoms with Crippen LogP contribution in [0.4, 0.5) is 47.8 Å². The number of rotatable bonds is 8. The lowest BCUT2D eigenvalue weighted by molar-refractivity contribution is -0.516. The van der Waals surface area contributed by atoms with E-state index < -0.39 is 52.3 Å². The summed E-state index contributed by atoms with van der Waals surface area (Å²) < 4.78 is 166. The molecule has 0 aliphatic heterocycles. The van der Waals surface area contributed by atoms with Crippen LogP contribution in [0.2, 0.25) is 0 Å². The second-order valence-corrected chi connectivity index (χ2v) is 5.91. The molecule has 25 heavy (non-hydrogen) atoms. The molecule has 0 bridgehead atoms. The van der Waals surface area contributed by atoms with Crippen molar-refractivity contribution in [1.82, 2.24) is 0 Å². The molecule has 0 rings (SSSR count). The molecule has 0 radical (unpaired) electrons. The van der Waals surface area contributed by atoms with Crippen molar-refractivity contribution < 1.29 is 65.7 Å². The topological polar surface area (TPSA) is 52.6 Å². The highest BCUT2D eigenvalue weighted by molar-refractivity contribution is 7.87. The summed E-state index contributed by atoms with van der Waals surface area (Å²) in [5.41, 5.74) is 0. The van der Waals surface area contributed by atoms with Crippen LogP contribution in [0.25, 0.3) is 0 Å². The summed E-state index contributed by atoms with van der Waals surface area (Å²) in [6.45, 7) is 1.68. The molecule has 16 heteroatoms. The van der Waals surface area contributed by atoms with Gasteiger partial charge in [-0.25, -0.2) is 0 Å². The van der Waals surface area contributed by atoms with Gasteiger partial charge < -0.3 is 4.74 Å². The predicted molar refractivity (Wildman–Crippen MR) is 56.7 cm³/mol. The average Bonchev–Trinajstić information content (AvgIpc) is 2.34. The van der Waals surface area contributed by atoms with E-state index in [2.05, 4.69) is 4.74 Å². The van der Waals surface area contributed by atoms with E-state index in [1.54, 1.807) is 0 Å². The molecule has 0 aliphatic carbocycles. The van der Waals surface area contributed by atoms with Gasteiger partial charge >= 0.3 is 39.7 Å². The largest absolute Gasteiger partial charge is 0.464 e. The number of halogens is 11. The second kappa shape index (κ2) is 6.68. The molecule has 0 spiro atoms. The van der Waals surface area contributed by atoms with Crippen LogP contribution < -0.4 is 0 Å². The standard InChI is InChI=1S/C9H9F11O4S/c1-3-4(2)23-7(14,15)5(10,6(11,12)13)24-8(16,17)9(18,19)25(20,21)22/h4H,3H2,1-2H3. The van der Waals surface area contributed by atoms with Crippen LogP contribution in [-0.4, -0.2) is 44.0 Å². The average molecular weight is 422 g/mol. The van der Waals surface area contributed by atoms with Crippen molar-refractivity contribution in [3.63, 3.8) is 0 Å². The molecule has 0 amide bonds. The summed E-state index contributed by atoms with van der Waals surface area (Å²) >= 11 is 0. The summed E-state index contributed by atoms with van der Waals surface area (Å²) in [6.07, 6.45) is -23.1. The van der Waals surface area contributed by atoms with Gasteiger partial charge in [0, 0.05) is 0 Å². The third-order valence-electron chi connectivity index (χ3n) is 2.58. The molecule has 0 aromatic heterocycles. The second-order valence-electron chi connectivity index (χ2n) is 4.52. The van der Waals surface area contributed by atoms with Crippen molar-refractivity contribution >= 4 is 10.2 Å². The fraction of sp³-hybridized carbons (Fsp3) is 1.00. The van der Waals surface area contributed by atoms with Gasteiger partial charge in [0.2, 0.25) is 0 Å². The van der Waals surface area contributed by atoms with Crippen molar-refractivity contribution in [2.24, 2.45) is 0 Å². The normalized spacial score (nSPS) is 18.8. The lowest BCUT2D eigenvalue weighted by Crippen LogP contribution is -2.64. The maximum absolute atomic E-state index is 13.6. The van der Waals surface area contributed by atoms with Crippen LogP contribution in [0.3, 0.4) is 0 Å².